The second kappa shape index (κ2) is 6.58. The Bertz CT molecular complexity index is 860. The van der Waals surface area contributed by atoms with Crippen LogP contribution < -0.4 is 5.32 Å². The predicted molar refractivity (Wildman–Crippen MR) is 98.7 cm³/mol. The van der Waals surface area contributed by atoms with Gasteiger partial charge in [-0.15, -0.1) is 22.7 Å². The van der Waals surface area contributed by atoms with Crippen LogP contribution in [0.1, 0.15) is 23.1 Å². The third-order valence-corrected chi connectivity index (χ3v) is 6.06. The molecule has 3 aromatic rings. The number of carbonyl (C=O) groups is 1. The Morgan fingerprint density at radius 1 is 1.33 bits per heavy atom. The first-order valence-electron chi connectivity index (χ1n) is 7.98. The highest BCUT2D eigenvalue weighted by Crippen LogP contribution is 2.27. The molecule has 1 amide bonds. The molecule has 0 radical (unpaired) electrons. The standard InChI is InChI=1S/C17H18N4OS2/c1-11(22)19-17-20-13-4-6-21(7-5-16(13)24-17)9-12-2-3-15-14(8-12)18-10-23-15/h2-3,8,10H,4-7,9H2,1H3,(H,19,20,22). The van der Waals surface area contributed by atoms with Crippen LogP contribution in [0, 0.1) is 0 Å². The van der Waals surface area contributed by atoms with Gasteiger partial charge in [0.1, 0.15) is 0 Å². The lowest BCUT2D eigenvalue weighted by molar-refractivity contribution is -0.114. The van der Waals surface area contributed by atoms with Crippen molar-refractivity contribution in [3.05, 3.63) is 39.8 Å². The fourth-order valence-electron chi connectivity index (χ4n) is 3.03. The van der Waals surface area contributed by atoms with Crippen LogP contribution >= 0.6 is 22.7 Å². The fraction of sp³-hybridized carbons (Fsp3) is 0.353. The topological polar surface area (TPSA) is 58.1 Å². The molecule has 0 spiro atoms. The van der Waals surface area contributed by atoms with Gasteiger partial charge in [0.05, 0.1) is 21.4 Å². The smallest absolute Gasteiger partial charge is 0.223 e. The number of benzene rings is 1. The van der Waals surface area contributed by atoms with Crippen molar-refractivity contribution in [1.29, 1.82) is 0 Å². The minimum Gasteiger partial charge on any atom is -0.302 e. The molecule has 24 heavy (non-hydrogen) atoms. The van der Waals surface area contributed by atoms with E-state index in [4.69, 9.17) is 0 Å². The zero-order valence-electron chi connectivity index (χ0n) is 13.4. The summed E-state index contributed by atoms with van der Waals surface area (Å²) in [6.07, 6.45) is 1.93. The van der Waals surface area contributed by atoms with E-state index in [1.807, 2.05) is 5.51 Å². The first-order valence-corrected chi connectivity index (χ1v) is 9.67. The van der Waals surface area contributed by atoms with Crippen LogP contribution in [-0.2, 0) is 24.2 Å². The Kier molecular flexibility index (Phi) is 4.30. The number of hydrogen-bond donors (Lipinski definition) is 1. The number of hydrogen-bond acceptors (Lipinski definition) is 6. The second-order valence-corrected chi connectivity index (χ2v) is 7.97. The number of amides is 1. The Hall–Kier alpha value is -1.83. The summed E-state index contributed by atoms with van der Waals surface area (Å²) in [6, 6.07) is 6.56. The first kappa shape index (κ1) is 15.7. The van der Waals surface area contributed by atoms with Gasteiger partial charge < -0.3 is 5.32 Å². The highest BCUT2D eigenvalue weighted by atomic mass is 32.1. The van der Waals surface area contributed by atoms with Crippen molar-refractivity contribution in [2.45, 2.75) is 26.3 Å². The number of aromatic nitrogens is 2. The van der Waals surface area contributed by atoms with Gasteiger partial charge in [0.2, 0.25) is 5.91 Å². The predicted octanol–water partition coefficient (Wildman–Crippen LogP) is 3.31. The van der Waals surface area contributed by atoms with E-state index < -0.39 is 0 Å². The average Bonchev–Trinajstić information content (AvgIpc) is 3.11. The summed E-state index contributed by atoms with van der Waals surface area (Å²) >= 11 is 3.29. The van der Waals surface area contributed by atoms with Crippen molar-refractivity contribution >= 4 is 43.9 Å². The Morgan fingerprint density at radius 3 is 3.08 bits per heavy atom. The Balaban J connectivity index is 1.43. The van der Waals surface area contributed by atoms with E-state index >= 15 is 0 Å². The zero-order valence-corrected chi connectivity index (χ0v) is 15.0. The number of anilines is 1. The van der Waals surface area contributed by atoms with Gasteiger partial charge in [-0.05, 0) is 24.1 Å². The van der Waals surface area contributed by atoms with E-state index in [0.29, 0.717) is 0 Å². The van der Waals surface area contributed by atoms with Crippen molar-refractivity contribution in [3.8, 4) is 0 Å². The molecule has 1 aliphatic heterocycles. The van der Waals surface area contributed by atoms with E-state index in [0.717, 1.165) is 48.8 Å². The van der Waals surface area contributed by atoms with Crippen LogP contribution in [0.2, 0.25) is 0 Å². The largest absolute Gasteiger partial charge is 0.302 e. The van der Waals surface area contributed by atoms with Crippen molar-refractivity contribution in [3.63, 3.8) is 0 Å². The van der Waals surface area contributed by atoms with Gasteiger partial charge in [-0.25, -0.2) is 9.97 Å². The third-order valence-electron chi connectivity index (χ3n) is 4.18. The molecule has 0 unspecified atom stereocenters. The maximum absolute atomic E-state index is 11.2. The van der Waals surface area contributed by atoms with Crippen molar-refractivity contribution in [2.75, 3.05) is 18.4 Å². The van der Waals surface area contributed by atoms with Crippen LogP contribution in [-0.4, -0.2) is 33.9 Å². The van der Waals surface area contributed by atoms with Gasteiger partial charge in [0, 0.05) is 37.9 Å². The number of nitrogens with one attached hydrogen (secondary N) is 1. The molecule has 1 N–H and O–H groups in total. The van der Waals surface area contributed by atoms with E-state index in [2.05, 4.69) is 38.4 Å². The average molecular weight is 358 g/mol. The number of carbonyl (C=O) groups excluding carboxylic acids is 1. The molecule has 0 bridgehead atoms. The molecule has 0 atom stereocenters. The van der Waals surface area contributed by atoms with E-state index in [1.54, 1.807) is 22.7 Å². The van der Waals surface area contributed by atoms with Gasteiger partial charge in [-0.3, -0.25) is 9.69 Å². The van der Waals surface area contributed by atoms with Crippen LogP contribution in [0.4, 0.5) is 5.13 Å². The number of nitrogens with zero attached hydrogens (tertiary/aromatic N) is 3. The Morgan fingerprint density at radius 2 is 2.21 bits per heavy atom. The molecule has 5 nitrogen and oxygen atoms in total. The van der Waals surface area contributed by atoms with E-state index in [9.17, 15) is 4.79 Å². The summed E-state index contributed by atoms with van der Waals surface area (Å²) in [4.78, 5) is 23.9. The van der Waals surface area contributed by atoms with Gasteiger partial charge in [0.15, 0.2) is 5.13 Å². The maximum atomic E-state index is 11.2. The lowest BCUT2D eigenvalue weighted by Crippen LogP contribution is -2.26. The molecular formula is C17H18N4OS2. The fourth-order valence-corrected chi connectivity index (χ4v) is 4.73. The second-order valence-electron chi connectivity index (χ2n) is 6.00. The quantitative estimate of drug-likeness (QED) is 0.780. The van der Waals surface area contributed by atoms with Gasteiger partial charge >= 0.3 is 0 Å². The summed E-state index contributed by atoms with van der Waals surface area (Å²) in [6.45, 7) is 4.48. The summed E-state index contributed by atoms with van der Waals surface area (Å²) in [5.74, 6) is -0.0574. The SMILES string of the molecule is CC(=O)Nc1nc2c(s1)CCN(Cc1ccc3scnc3c1)CC2. The molecule has 0 aliphatic carbocycles. The molecule has 3 heterocycles. The molecule has 2 aromatic heterocycles. The summed E-state index contributed by atoms with van der Waals surface area (Å²) in [5.41, 5.74) is 5.44. The third kappa shape index (κ3) is 3.33. The normalized spacial score (nSPS) is 15.2. The van der Waals surface area contributed by atoms with E-state index in [1.165, 1.54) is 22.1 Å². The monoisotopic (exact) mass is 358 g/mol. The van der Waals surface area contributed by atoms with Crippen LogP contribution in [0.3, 0.4) is 0 Å². The number of fused-ring (bicyclic) bond motifs is 2. The van der Waals surface area contributed by atoms with Crippen LogP contribution in [0.5, 0.6) is 0 Å². The summed E-state index contributed by atoms with van der Waals surface area (Å²) in [5, 5.41) is 3.53. The van der Waals surface area contributed by atoms with Crippen LogP contribution in [0.25, 0.3) is 10.2 Å². The molecule has 0 saturated heterocycles. The molecule has 1 aromatic carbocycles. The van der Waals surface area contributed by atoms with Crippen molar-refractivity contribution in [1.82, 2.24) is 14.9 Å². The lowest BCUT2D eigenvalue weighted by atomic mass is 10.2. The highest BCUT2D eigenvalue weighted by Gasteiger charge is 2.19. The van der Waals surface area contributed by atoms with Gasteiger partial charge in [-0.2, -0.15) is 0 Å². The van der Waals surface area contributed by atoms with Crippen molar-refractivity contribution < 1.29 is 4.79 Å². The maximum Gasteiger partial charge on any atom is 0.223 e. The zero-order chi connectivity index (χ0) is 16.5. The number of thiazole rings is 2. The molecule has 7 heteroatoms. The van der Waals surface area contributed by atoms with Gasteiger partial charge in [0.25, 0.3) is 0 Å². The molecule has 124 valence electrons. The van der Waals surface area contributed by atoms with Crippen molar-refractivity contribution in [2.24, 2.45) is 0 Å². The molecule has 0 fully saturated rings. The number of rotatable bonds is 3. The first-order chi connectivity index (χ1) is 11.7. The Labute approximate surface area is 148 Å². The summed E-state index contributed by atoms with van der Waals surface area (Å²) in [7, 11) is 0. The highest BCUT2D eigenvalue weighted by molar-refractivity contribution is 7.16. The molecule has 1 aliphatic rings. The minimum absolute atomic E-state index is 0.0574. The van der Waals surface area contributed by atoms with Crippen LogP contribution in [0.15, 0.2) is 23.7 Å². The molecule has 4 rings (SSSR count). The summed E-state index contributed by atoms with van der Waals surface area (Å²) < 4.78 is 1.24. The minimum atomic E-state index is -0.0574. The molecular weight excluding hydrogens is 340 g/mol. The van der Waals surface area contributed by atoms with E-state index in [-0.39, 0.29) is 5.91 Å². The molecule has 0 saturated carbocycles. The van der Waals surface area contributed by atoms with Gasteiger partial charge in [-0.1, -0.05) is 6.07 Å². The lowest BCUT2D eigenvalue weighted by Gasteiger charge is -2.19.